The molecule has 2 aromatic carbocycles. The summed E-state index contributed by atoms with van der Waals surface area (Å²) in [6.45, 7) is 0. The highest BCUT2D eigenvalue weighted by Crippen LogP contribution is 2.16. The lowest BCUT2D eigenvalue weighted by atomic mass is 10.1. The second kappa shape index (κ2) is 5.57. The van der Waals surface area contributed by atoms with E-state index in [1.807, 2.05) is 24.3 Å². The van der Waals surface area contributed by atoms with Crippen molar-refractivity contribution < 1.29 is 4.74 Å². The lowest BCUT2D eigenvalue weighted by Gasteiger charge is -2.05. The predicted octanol–water partition coefficient (Wildman–Crippen LogP) is 3.85. The van der Waals surface area contributed by atoms with Crippen LogP contribution in [0, 0.1) is 0 Å². The monoisotopic (exact) mass is 232 g/mol. The molecule has 2 heteroatoms. The molecule has 0 spiro atoms. The second-order valence-electron chi connectivity index (χ2n) is 3.56. The van der Waals surface area contributed by atoms with Crippen molar-refractivity contribution >= 4 is 11.6 Å². The van der Waals surface area contributed by atoms with Crippen molar-refractivity contribution in [2.24, 2.45) is 0 Å². The Hall–Kier alpha value is -1.47. The van der Waals surface area contributed by atoms with Gasteiger partial charge in [-0.15, -0.1) is 0 Å². The van der Waals surface area contributed by atoms with Crippen LogP contribution in [0.1, 0.15) is 11.1 Å². The first-order chi connectivity index (χ1) is 7.88. The highest BCUT2D eigenvalue weighted by molar-refractivity contribution is 6.17. The van der Waals surface area contributed by atoms with E-state index in [0.717, 1.165) is 12.2 Å². The zero-order valence-electron chi connectivity index (χ0n) is 8.90. The molecule has 0 fully saturated rings. The molecule has 0 heterocycles. The zero-order valence-corrected chi connectivity index (χ0v) is 9.65. The number of ether oxygens (including phenoxy) is 1. The molecule has 0 saturated heterocycles. The Balaban J connectivity index is 2.12. The topological polar surface area (TPSA) is 9.23 Å². The Morgan fingerprint density at radius 3 is 2.38 bits per heavy atom. The average molecular weight is 233 g/mol. The molecule has 0 bridgehead atoms. The van der Waals surface area contributed by atoms with E-state index >= 15 is 0 Å². The molecule has 82 valence electrons. The van der Waals surface area contributed by atoms with Gasteiger partial charge in [-0.3, -0.25) is 0 Å². The molecule has 0 aromatic heterocycles. The summed E-state index contributed by atoms with van der Waals surface area (Å²) in [5, 5.41) is 0. The van der Waals surface area contributed by atoms with Crippen LogP contribution in [0.3, 0.4) is 0 Å². The van der Waals surface area contributed by atoms with Crippen molar-refractivity contribution in [2.75, 3.05) is 6.07 Å². The third-order valence-electron chi connectivity index (χ3n) is 2.37. The molecule has 0 radical (unpaired) electrons. The Bertz CT molecular complexity index is 439. The third-order valence-corrected chi connectivity index (χ3v) is 2.48. The van der Waals surface area contributed by atoms with Crippen molar-refractivity contribution in [3.63, 3.8) is 0 Å². The highest BCUT2D eigenvalue weighted by atomic mass is 35.5. The fourth-order valence-corrected chi connectivity index (χ4v) is 1.77. The van der Waals surface area contributed by atoms with E-state index < -0.39 is 0 Å². The van der Waals surface area contributed by atoms with Crippen molar-refractivity contribution in [1.29, 1.82) is 0 Å². The normalized spacial score (nSPS) is 10.1. The van der Waals surface area contributed by atoms with Crippen LogP contribution in [-0.4, -0.2) is 6.07 Å². The van der Waals surface area contributed by atoms with Gasteiger partial charge in [-0.1, -0.05) is 54.1 Å². The van der Waals surface area contributed by atoms with E-state index in [0.29, 0.717) is 0 Å². The first kappa shape index (κ1) is 11.0. The Labute approximate surface area is 101 Å². The number of hydrogen-bond acceptors (Lipinski definition) is 1. The maximum atomic E-state index is 5.53. The summed E-state index contributed by atoms with van der Waals surface area (Å²) >= 11 is 5.53. The zero-order chi connectivity index (χ0) is 11.2. The van der Waals surface area contributed by atoms with Crippen LogP contribution < -0.4 is 4.74 Å². The van der Waals surface area contributed by atoms with Crippen LogP contribution in [0.2, 0.25) is 0 Å². The van der Waals surface area contributed by atoms with Crippen LogP contribution in [0.15, 0.2) is 54.6 Å². The molecule has 1 nitrogen and oxygen atoms in total. The number of alkyl halides is 1. The van der Waals surface area contributed by atoms with Crippen LogP contribution in [0.5, 0.6) is 5.75 Å². The minimum absolute atomic E-state index is 0.189. The molecule has 0 aliphatic heterocycles. The molecule has 0 atom stereocenters. The van der Waals surface area contributed by atoms with E-state index in [-0.39, 0.29) is 6.07 Å². The van der Waals surface area contributed by atoms with Gasteiger partial charge >= 0.3 is 0 Å². The van der Waals surface area contributed by atoms with E-state index in [2.05, 4.69) is 30.3 Å². The van der Waals surface area contributed by atoms with Crippen molar-refractivity contribution in [3.05, 3.63) is 65.7 Å². The Morgan fingerprint density at radius 2 is 1.62 bits per heavy atom. The van der Waals surface area contributed by atoms with E-state index in [4.69, 9.17) is 16.3 Å². The van der Waals surface area contributed by atoms with E-state index in [1.54, 1.807) is 0 Å². The molecule has 2 rings (SSSR count). The molecule has 0 N–H and O–H groups in total. The minimum atomic E-state index is 0.189. The van der Waals surface area contributed by atoms with Gasteiger partial charge < -0.3 is 4.74 Å². The number of halogens is 1. The van der Waals surface area contributed by atoms with Crippen molar-refractivity contribution in [2.45, 2.75) is 6.42 Å². The smallest absolute Gasteiger partial charge is 0.162 e. The average Bonchev–Trinajstić information content (AvgIpc) is 2.31. The lowest BCUT2D eigenvalue weighted by molar-refractivity contribution is 0.387. The van der Waals surface area contributed by atoms with Crippen LogP contribution in [0.25, 0.3) is 0 Å². The van der Waals surface area contributed by atoms with Gasteiger partial charge in [0.05, 0.1) is 0 Å². The summed E-state index contributed by atoms with van der Waals surface area (Å²) in [7, 11) is 0. The summed E-state index contributed by atoms with van der Waals surface area (Å²) in [6.07, 6.45) is 0.917. The molecule has 0 unspecified atom stereocenters. The van der Waals surface area contributed by atoms with Gasteiger partial charge in [0.1, 0.15) is 5.75 Å². The van der Waals surface area contributed by atoms with Crippen LogP contribution in [0.4, 0.5) is 0 Å². The minimum Gasteiger partial charge on any atom is -0.478 e. The molecule has 0 saturated carbocycles. The van der Waals surface area contributed by atoms with Crippen LogP contribution in [-0.2, 0) is 6.42 Å². The van der Waals surface area contributed by atoms with Gasteiger partial charge in [-0.2, -0.15) is 0 Å². The Kier molecular flexibility index (Phi) is 3.84. The van der Waals surface area contributed by atoms with Crippen LogP contribution >= 0.6 is 11.6 Å². The van der Waals surface area contributed by atoms with E-state index in [9.17, 15) is 0 Å². The fraction of sp³-hybridized carbons (Fsp3) is 0.143. The standard InChI is InChI=1S/C14H13ClO/c15-11-16-14-8-4-7-13(10-14)9-12-5-2-1-3-6-12/h1-8,10H,9,11H2. The van der Waals surface area contributed by atoms with Gasteiger partial charge in [-0.05, 0) is 29.7 Å². The SMILES string of the molecule is ClCOc1cccc(Cc2ccccc2)c1. The summed E-state index contributed by atoms with van der Waals surface area (Å²) in [6, 6.07) is 18.6. The Morgan fingerprint density at radius 1 is 0.875 bits per heavy atom. The summed E-state index contributed by atoms with van der Waals surface area (Å²) < 4.78 is 5.25. The van der Waals surface area contributed by atoms with Gasteiger partial charge in [-0.25, -0.2) is 0 Å². The van der Waals surface area contributed by atoms with Gasteiger partial charge in [0.25, 0.3) is 0 Å². The quantitative estimate of drug-likeness (QED) is 0.728. The van der Waals surface area contributed by atoms with Gasteiger partial charge in [0, 0.05) is 0 Å². The summed E-state index contributed by atoms with van der Waals surface area (Å²) in [5.41, 5.74) is 2.53. The molecule has 0 amide bonds. The third kappa shape index (κ3) is 3.01. The van der Waals surface area contributed by atoms with Crippen molar-refractivity contribution in [1.82, 2.24) is 0 Å². The molecule has 0 aliphatic rings. The molecular weight excluding hydrogens is 220 g/mol. The summed E-state index contributed by atoms with van der Waals surface area (Å²) in [4.78, 5) is 0. The molecular formula is C14H13ClO. The maximum Gasteiger partial charge on any atom is 0.162 e. The molecule has 16 heavy (non-hydrogen) atoms. The van der Waals surface area contributed by atoms with Gasteiger partial charge in [0.2, 0.25) is 0 Å². The maximum absolute atomic E-state index is 5.53. The lowest BCUT2D eigenvalue weighted by Crippen LogP contribution is -1.92. The summed E-state index contributed by atoms with van der Waals surface area (Å²) in [5.74, 6) is 0.823. The largest absolute Gasteiger partial charge is 0.478 e. The second-order valence-corrected chi connectivity index (χ2v) is 3.78. The predicted molar refractivity (Wildman–Crippen MR) is 67.0 cm³/mol. The number of hydrogen-bond donors (Lipinski definition) is 0. The van der Waals surface area contributed by atoms with Crippen molar-refractivity contribution in [3.8, 4) is 5.75 Å². The molecule has 2 aromatic rings. The number of benzene rings is 2. The van der Waals surface area contributed by atoms with E-state index in [1.165, 1.54) is 11.1 Å². The molecule has 0 aliphatic carbocycles. The van der Waals surface area contributed by atoms with Gasteiger partial charge in [0.15, 0.2) is 6.07 Å². The number of rotatable bonds is 4. The first-order valence-corrected chi connectivity index (χ1v) is 5.73. The fourth-order valence-electron chi connectivity index (χ4n) is 1.64. The highest BCUT2D eigenvalue weighted by Gasteiger charge is 1.98. The first-order valence-electron chi connectivity index (χ1n) is 5.20.